The number of halogens is 2. The molecule has 44 heavy (non-hydrogen) atoms. The summed E-state index contributed by atoms with van der Waals surface area (Å²) in [5, 5.41) is 22.5. The number of rotatable bonds is 9. The van der Waals surface area contributed by atoms with Crippen molar-refractivity contribution in [3.63, 3.8) is 0 Å². The molecule has 4 heterocycles. The number of nitrogens with zero attached hydrogens (tertiary/aromatic N) is 5. The van der Waals surface area contributed by atoms with E-state index < -0.39 is 18.4 Å². The minimum atomic E-state index is -3.12. The quantitative estimate of drug-likeness (QED) is 0.374. The Morgan fingerprint density at radius 1 is 1.09 bits per heavy atom. The number of likely N-dealkylation sites (tertiary alicyclic amines) is 2. The third kappa shape index (κ3) is 6.65. The molecule has 3 aliphatic heterocycles. The second kappa shape index (κ2) is 13.2. The smallest absolute Gasteiger partial charge is 0.273 e. The summed E-state index contributed by atoms with van der Waals surface area (Å²) >= 11 is 0. The molecule has 1 unspecified atom stereocenters. The molecule has 3 saturated heterocycles. The van der Waals surface area contributed by atoms with Crippen LogP contribution < -0.4 is 10.1 Å². The fourth-order valence-electron chi connectivity index (χ4n) is 5.92. The van der Waals surface area contributed by atoms with Crippen LogP contribution in [0.4, 0.5) is 20.4 Å². The van der Waals surface area contributed by atoms with Gasteiger partial charge in [-0.25, -0.2) is 18.7 Å². The summed E-state index contributed by atoms with van der Waals surface area (Å²) in [4.78, 5) is 24.8. The Morgan fingerprint density at radius 3 is 2.55 bits per heavy atom. The maximum atomic E-state index is 12.7. The lowest BCUT2D eigenvalue weighted by molar-refractivity contribution is -0.150. The SMILES string of the molecule is N#Cc1cc(-c2ccnc(Nc3ccc(C4CCN(C5COC5)C4)cc3)n2)ccc1OC1CCN(C(=O)[C@H](O)C(F)F)CC1. The van der Waals surface area contributed by atoms with E-state index in [0.29, 0.717) is 47.8 Å². The third-order valence-electron chi connectivity index (χ3n) is 8.59. The summed E-state index contributed by atoms with van der Waals surface area (Å²) in [5.74, 6) is 0.374. The van der Waals surface area contributed by atoms with Crippen LogP contribution in [-0.2, 0) is 9.53 Å². The average molecular weight is 605 g/mol. The number of aliphatic hydroxyl groups is 1. The van der Waals surface area contributed by atoms with Crippen LogP contribution in [0.25, 0.3) is 11.3 Å². The average Bonchev–Trinajstić information content (AvgIpc) is 3.50. The van der Waals surface area contributed by atoms with Crippen molar-refractivity contribution in [1.29, 1.82) is 5.26 Å². The van der Waals surface area contributed by atoms with Gasteiger partial charge in [-0.3, -0.25) is 9.69 Å². The van der Waals surface area contributed by atoms with Gasteiger partial charge in [0.2, 0.25) is 5.95 Å². The molecule has 0 bridgehead atoms. The lowest BCUT2D eigenvalue weighted by Gasteiger charge is -2.34. The number of carbonyl (C=O) groups is 1. The molecule has 230 valence electrons. The van der Waals surface area contributed by atoms with E-state index in [1.807, 2.05) is 18.2 Å². The zero-order valence-electron chi connectivity index (χ0n) is 24.1. The zero-order valence-corrected chi connectivity index (χ0v) is 24.1. The van der Waals surface area contributed by atoms with E-state index in [1.54, 1.807) is 24.4 Å². The molecular formula is C32H34F2N6O4. The monoisotopic (exact) mass is 604 g/mol. The fraction of sp³-hybridized carbons (Fsp3) is 0.438. The van der Waals surface area contributed by atoms with Crippen LogP contribution in [-0.4, -0.2) is 94.8 Å². The van der Waals surface area contributed by atoms with Gasteiger partial charge >= 0.3 is 0 Å². The molecule has 10 nitrogen and oxygen atoms in total. The summed E-state index contributed by atoms with van der Waals surface area (Å²) in [6.07, 6.45) is -2.14. The zero-order chi connectivity index (χ0) is 30.6. The molecule has 6 rings (SSSR count). The molecule has 3 aliphatic rings. The Labute approximate surface area is 254 Å². The summed E-state index contributed by atoms with van der Waals surface area (Å²) < 4.78 is 36.8. The molecular weight excluding hydrogens is 570 g/mol. The number of carbonyl (C=O) groups excluding carboxylic acids is 1. The van der Waals surface area contributed by atoms with Crippen molar-refractivity contribution in [2.24, 2.45) is 0 Å². The minimum absolute atomic E-state index is 0.183. The summed E-state index contributed by atoms with van der Waals surface area (Å²) in [7, 11) is 0. The van der Waals surface area contributed by atoms with Crippen molar-refractivity contribution >= 4 is 17.5 Å². The number of nitrogens with one attached hydrogen (secondary N) is 1. The van der Waals surface area contributed by atoms with Gasteiger partial charge in [-0.1, -0.05) is 12.1 Å². The molecule has 2 atom stereocenters. The fourth-order valence-corrected chi connectivity index (χ4v) is 5.92. The molecule has 3 aromatic rings. The lowest BCUT2D eigenvalue weighted by atomic mass is 9.98. The summed E-state index contributed by atoms with van der Waals surface area (Å²) in [5.41, 5.74) is 3.89. The number of ether oxygens (including phenoxy) is 2. The van der Waals surface area contributed by atoms with E-state index in [-0.39, 0.29) is 19.2 Å². The highest BCUT2D eigenvalue weighted by Gasteiger charge is 2.34. The highest BCUT2D eigenvalue weighted by molar-refractivity contribution is 5.81. The minimum Gasteiger partial charge on any atom is -0.489 e. The number of nitriles is 1. The molecule has 2 N–H and O–H groups in total. The van der Waals surface area contributed by atoms with Crippen LogP contribution >= 0.6 is 0 Å². The first-order chi connectivity index (χ1) is 21.4. The largest absolute Gasteiger partial charge is 0.489 e. The molecule has 0 spiro atoms. The molecule has 0 radical (unpaired) electrons. The normalized spacial score (nSPS) is 20.2. The van der Waals surface area contributed by atoms with Gasteiger partial charge in [0.1, 0.15) is 17.9 Å². The van der Waals surface area contributed by atoms with Crippen molar-refractivity contribution in [3.8, 4) is 23.1 Å². The number of anilines is 2. The van der Waals surface area contributed by atoms with E-state index in [4.69, 9.17) is 9.47 Å². The molecule has 2 aromatic carbocycles. The number of hydrogen-bond acceptors (Lipinski definition) is 9. The predicted octanol–water partition coefficient (Wildman–Crippen LogP) is 3.94. The number of piperidine rings is 1. The topological polar surface area (TPSA) is 124 Å². The van der Waals surface area contributed by atoms with Gasteiger partial charge < -0.3 is 24.8 Å². The highest BCUT2D eigenvalue weighted by Crippen LogP contribution is 2.32. The number of aliphatic hydroxyl groups excluding tert-OH is 1. The van der Waals surface area contributed by atoms with E-state index in [1.165, 1.54) is 10.5 Å². The van der Waals surface area contributed by atoms with Crippen molar-refractivity contribution in [2.75, 3.05) is 44.7 Å². The second-order valence-electron chi connectivity index (χ2n) is 11.4. The maximum Gasteiger partial charge on any atom is 0.273 e. The molecule has 1 amide bonds. The molecule has 3 fully saturated rings. The number of amides is 1. The van der Waals surface area contributed by atoms with Gasteiger partial charge in [-0.05, 0) is 60.8 Å². The van der Waals surface area contributed by atoms with Crippen molar-refractivity contribution in [2.45, 2.75) is 49.9 Å². The van der Waals surface area contributed by atoms with Gasteiger partial charge in [0, 0.05) is 49.9 Å². The Kier molecular flexibility index (Phi) is 8.97. The molecule has 12 heteroatoms. The van der Waals surface area contributed by atoms with Crippen LogP contribution in [0.1, 0.15) is 36.3 Å². The Morgan fingerprint density at radius 2 is 1.86 bits per heavy atom. The summed E-state index contributed by atoms with van der Waals surface area (Å²) in [6.45, 7) is 4.23. The van der Waals surface area contributed by atoms with Gasteiger partial charge in [0.05, 0.1) is 30.5 Å². The first-order valence-electron chi connectivity index (χ1n) is 14.9. The van der Waals surface area contributed by atoms with Gasteiger partial charge in [0.15, 0.2) is 6.10 Å². The van der Waals surface area contributed by atoms with Crippen LogP contribution in [0.2, 0.25) is 0 Å². The van der Waals surface area contributed by atoms with Crippen LogP contribution in [0.15, 0.2) is 54.7 Å². The lowest BCUT2D eigenvalue weighted by Crippen LogP contribution is -2.47. The summed E-state index contributed by atoms with van der Waals surface area (Å²) in [6, 6.07) is 18.1. The Balaban J connectivity index is 1.06. The van der Waals surface area contributed by atoms with Crippen LogP contribution in [0.3, 0.4) is 0 Å². The first-order valence-corrected chi connectivity index (χ1v) is 14.9. The van der Waals surface area contributed by atoms with Gasteiger partial charge in [-0.15, -0.1) is 0 Å². The second-order valence-corrected chi connectivity index (χ2v) is 11.4. The van der Waals surface area contributed by atoms with Crippen LogP contribution in [0.5, 0.6) is 5.75 Å². The van der Waals surface area contributed by atoms with E-state index in [9.17, 15) is 23.9 Å². The number of alkyl halides is 2. The van der Waals surface area contributed by atoms with Gasteiger partial charge in [0.25, 0.3) is 12.3 Å². The highest BCUT2D eigenvalue weighted by atomic mass is 19.3. The predicted molar refractivity (Wildman–Crippen MR) is 158 cm³/mol. The molecule has 1 aromatic heterocycles. The van der Waals surface area contributed by atoms with E-state index in [0.717, 1.165) is 44.0 Å². The van der Waals surface area contributed by atoms with Crippen molar-refractivity contribution < 1.29 is 28.2 Å². The van der Waals surface area contributed by atoms with Crippen LogP contribution in [0, 0.1) is 11.3 Å². The number of hydrogen-bond donors (Lipinski definition) is 2. The first kappa shape index (κ1) is 29.9. The number of benzene rings is 2. The van der Waals surface area contributed by atoms with E-state index in [2.05, 4.69) is 38.4 Å². The standard InChI is InChI=1S/C32H34F2N6O4/c33-30(34)29(41)31(42)39-13-9-26(10-14-39)44-28-6-3-21(15-23(28)16-35)27-7-11-36-32(38-27)37-24-4-1-20(2-5-24)22-8-12-40(17-22)25-18-43-19-25/h1-7,11,15,22,25-26,29-30,41H,8-10,12-14,17-19H2,(H,36,37,38)/t22?,29-/m1/s1. The van der Waals surface area contributed by atoms with Crippen molar-refractivity contribution in [1.82, 2.24) is 19.8 Å². The Bertz CT molecular complexity index is 1510. The van der Waals surface area contributed by atoms with Crippen molar-refractivity contribution in [3.05, 3.63) is 65.9 Å². The number of aromatic nitrogens is 2. The van der Waals surface area contributed by atoms with Gasteiger partial charge in [-0.2, -0.15) is 5.26 Å². The third-order valence-corrected chi connectivity index (χ3v) is 8.59. The van der Waals surface area contributed by atoms with E-state index >= 15 is 0 Å². The molecule has 0 aliphatic carbocycles. The Hall–Kier alpha value is -4.18. The maximum absolute atomic E-state index is 12.7. The molecule has 0 saturated carbocycles.